The van der Waals surface area contributed by atoms with Crippen LogP contribution in [0.3, 0.4) is 0 Å². The van der Waals surface area contributed by atoms with Crippen molar-refractivity contribution >= 4 is 11.6 Å². The summed E-state index contributed by atoms with van der Waals surface area (Å²) in [4.78, 5) is 0. The Hall–Kier alpha value is -1.19. The minimum absolute atomic E-state index is 0.658. The summed E-state index contributed by atoms with van der Waals surface area (Å²) in [6, 6.07) is 3.70. The zero-order valence-electron chi connectivity index (χ0n) is 12.4. The minimum atomic E-state index is 0.658. The van der Waals surface area contributed by atoms with Gasteiger partial charge in [-0.2, -0.15) is 0 Å². The zero-order valence-corrected chi connectivity index (χ0v) is 13.1. The van der Waals surface area contributed by atoms with Gasteiger partial charge in [-0.3, -0.25) is 0 Å². The van der Waals surface area contributed by atoms with Gasteiger partial charge in [0.1, 0.15) is 0 Å². The molecule has 4 heteroatoms. The molecule has 0 radical (unpaired) electrons. The van der Waals surface area contributed by atoms with Gasteiger partial charge in [0.2, 0.25) is 0 Å². The molecule has 1 N–H and O–H groups in total. The second-order valence-electron chi connectivity index (χ2n) is 4.61. The molecule has 1 aromatic rings. The predicted molar refractivity (Wildman–Crippen MR) is 84.9 cm³/mol. The largest absolute Gasteiger partial charge is 0.493 e. The monoisotopic (exact) mass is 297 g/mol. The van der Waals surface area contributed by atoms with Crippen LogP contribution in [-0.2, 0) is 6.54 Å². The van der Waals surface area contributed by atoms with Crippen LogP contribution >= 0.6 is 11.6 Å². The van der Waals surface area contributed by atoms with Crippen LogP contribution < -0.4 is 14.8 Å². The number of methoxy groups -OCH3 is 1. The van der Waals surface area contributed by atoms with Gasteiger partial charge in [-0.15, -0.1) is 6.58 Å². The molecule has 0 spiro atoms. The van der Waals surface area contributed by atoms with Crippen LogP contribution in [0.5, 0.6) is 11.5 Å². The Morgan fingerprint density at radius 1 is 1.30 bits per heavy atom. The molecule has 0 aliphatic rings. The molecule has 112 valence electrons. The molecule has 0 atom stereocenters. The number of benzene rings is 1. The van der Waals surface area contributed by atoms with Gasteiger partial charge in [0, 0.05) is 23.2 Å². The normalized spacial score (nSPS) is 10.3. The van der Waals surface area contributed by atoms with Crippen LogP contribution in [0.15, 0.2) is 24.8 Å². The summed E-state index contributed by atoms with van der Waals surface area (Å²) in [6.07, 6.45) is 6.35. The van der Waals surface area contributed by atoms with E-state index in [0.717, 1.165) is 37.0 Å². The van der Waals surface area contributed by atoms with E-state index < -0.39 is 0 Å². The first kappa shape index (κ1) is 16.9. The van der Waals surface area contributed by atoms with E-state index in [1.54, 1.807) is 13.2 Å². The summed E-state index contributed by atoms with van der Waals surface area (Å²) in [5.41, 5.74) is 1.02. The summed E-state index contributed by atoms with van der Waals surface area (Å²) in [5.74, 6) is 1.48. The highest BCUT2D eigenvalue weighted by atomic mass is 35.5. The first-order chi connectivity index (χ1) is 9.72. The number of nitrogens with one attached hydrogen (secondary N) is 1. The number of ether oxygens (including phenoxy) is 2. The Labute approximate surface area is 126 Å². The summed E-state index contributed by atoms with van der Waals surface area (Å²) in [5, 5.41) is 3.77. The highest BCUT2D eigenvalue weighted by Gasteiger charge is 2.12. The molecule has 3 nitrogen and oxygen atoms in total. The van der Waals surface area contributed by atoms with Crippen LogP contribution in [-0.4, -0.2) is 20.8 Å². The fraction of sp³-hybridized carbons (Fsp3) is 0.500. The third kappa shape index (κ3) is 5.43. The van der Waals surface area contributed by atoms with Crippen LogP contribution in [0.2, 0.25) is 5.02 Å². The lowest BCUT2D eigenvalue weighted by molar-refractivity contribution is 0.282. The van der Waals surface area contributed by atoms with E-state index in [-0.39, 0.29) is 0 Å². The molecule has 0 saturated heterocycles. The van der Waals surface area contributed by atoms with Gasteiger partial charge in [0.25, 0.3) is 0 Å². The summed E-state index contributed by atoms with van der Waals surface area (Å²) in [6.45, 7) is 5.11. The van der Waals surface area contributed by atoms with Crippen LogP contribution in [0.25, 0.3) is 0 Å². The summed E-state index contributed by atoms with van der Waals surface area (Å²) >= 11 is 6.08. The molecule has 1 rings (SSSR count). The molecule has 0 fully saturated rings. The molecule has 0 aliphatic carbocycles. The summed E-state index contributed by atoms with van der Waals surface area (Å²) in [7, 11) is 3.53. The maximum atomic E-state index is 6.08. The van der Waals surface area contributed by atoms with E-state index in [4.69, 9.17) is 21.1 Å². The van der Waals surface area contributed by atoms with Crippen molar-refractivity contribution in [3.63, 3.8) is 0 Å². The Morgan fingerprint density at radius 3 is 2.75 bits per heavy atom. The Kier molecular flexibility index (Phi) is 8.16. The number of unbranched alkanes of at least 4 members (excludes halogenated alkanes) is 3. The maximum Gasteiger partial charge on any atom is 0.165 e. The topological polar surface area (TPSA) is 30.5 Å². The van der Waals surface area contributed by atoms with E-state index in [0.29, 0.717) is 23.9 Å². The standard InChI is InChI=1S/C16H24ClNO2/c1-4-5-6-7-8-9-20-16-13(12-18-2)10-14(17)11-15(16)19-3/h4,10-11,18H,1,5-9,12H2,2-3H3. The van der Waals surface area contributed by atoms with Crippen molar-refractivity contribution in [3.05, 3.63) is 35.4 Å². The predicted octanol–water partition coefficient (Wildman–Crippen LogP) is 4.19. The van der Waals surface area contributed by atoms with Crippen molar-refractivity contribution in [2.75, 3.05) is 20.8 Å². The van der Waals surface area contributed by atoms with E-state index in [9.17, 15) is 0 Å². The van der Waals surface area contributed by atoms with Gasteiger partial charge in [-0.05, 0) is 38.8 Å². The maximum absolute atomic E-state index is 6.08. The lowest BCUT2D eigenvalue weighted by atomic mass is 10.1. The third-order valence-electron chi connectivity index (χ3n) is 2.98. The number of halogens is 1. The fourth-order valence-corrected chi connectivity index (χ4v) is 2.23. The quantitative estimate of drug-likeness (QED) is 0.519. The molecule has 0 heterocycles. The van der Waals surface area contributed by atoms with Crippen molar-refractivity contribution in [1.29, 1.82) is 0 Å². The number of hydrogen-bond acceptors (Lipinski definition) is 3. The van der Waals surface area contributed by atoms with Gasteiger partial charge in [0.05, 0.1) is 13.7 Å². The average molecular weight is 298 g/mol. The Morgan fingerprint density at radius 2 is 2.10 bits per heavy atom. The third-order valence-corrected chi connectivity index (χ3v) is 3.20. The molecular weight excluding hydrogens is 274 g/mol. The van der Waals surface area contributed by atoms with Crippen molar-refractivity contribution in [2.24, 2.45) is 0 Å². The molecule has 0 aliphatic heterocycles. The van der Waals surface area contributed by atoms with E-state index in [1.165, 1.54) is 0 Å². The van der Waals surface area contributed by atoms with E-state index in [2.05, 4.69) is 11.9 Å². The lowest BCUT2D eigenvalue weighted by Gasteiger charge is -2.15. The fourth-order valence-electron chi connectivity index (χ4n) is 2.00. The molecule has 0 bridgehead atoms. The van der Waals surface area contributed by atoms with Crippen molar-refractivity contribution < 1.29 is 9.47 Å². The van der Waals surface area contributed by atoms with Gasteiger partial charge in [-0.25, -0.2) is 0 Å². The van der Waals surface area contributed by atoms with Crippen LogP contribution in [0, 0.1) is 0 Å². The summed E-state index contributed by atoms with van der Waals surface area (Å²) < 4.78 is 11.3. The van der Waals surface area contributed by atoms with E-state index >= 15 is 0 Å². The highest BCUT2D eigenvalue weighted by Crippen LogP contribution is 2.34. The molecule has 20 heavy (non-hydrogen) atoms. The number of hydrogen-bond donors (Lipinski definition) is 1. The van der Waals surface area contributed by atoms with Crippen molar-refractivity contribution in [2.45, 2.75) is 32.2 Å². The number of allylic oxidation sites excluding steroid dienone is 1. The lowest BCUT2D eigenvalue weighted by Crippen LogP contribution is -2.09. The van der Waals surface area contributed by atoms with Gasteiger partial charge < -0.3 is 14.8 Å². The molecule has 0 amide bonds. The average Bonchev–Trinajstić information content (AvgIpc) is 2.44. The Balaban J connectivity index is 2.63. The minimum Gasteiger partial charge on any atom is -0.493 e. The molecule has 0 unspecified atom stereocenters. The van der Waals surface area contributed by atoms with Gasteiger partial charge in [-0.1, -0.05) is 17.7 Å². The molecule has 0 aromatic heterocycles. The SMILES string of the molecule is C=CCCCCCOc1c(CNC)cc(Cl)cc1OC. The van der Waals surface area contributed by atoms with Gasteiger partial charge >= 0.3 is 0 Å². The first-order valence-corrected chi connectivity index (χ1v) is 7.35. The van der Waals surface area contributed by atoms with Crippen LogP contribution in [0.1, 0.15) is 31.2 Å². The van der Waals surface area contributed by atoms with Gasteiger partial charge in [0.15, 0.2) is 11.5 Å². The molecular formula is C16H24ClNO2. The van der Waals surface area contributed by atoms with Crippen molar-refractivity contribution in [1.82, 2.24) is 5.32 Å². The second-order valence-corrected chi connectivity index (χ2v) is 5.05. The highest BCUT2D eigenvalue weighted by molar-refractivity contribution is 6.30. The zero-order chi connectivity index (χ0) is 14.8. The van der Waals surface area contributed by atoms with Crippen LogP contribution in [0.4, 0.5) is 0 Å². The van der Waals surface area contributed by atoms with E-state index in [1.807, 2.05) is 19.2 Å². The molecule has 1 aromatic carbocycles. The second kappa shape index (κ2) is 9.67. The van der Waals surface area contributed by atoms with Crippen molar-refractivity contribution in [3.8, 4) is 11.5 Å². The number of rotatable bonds is 10. The first-order valence-electron chi connectivity index (χ1n) is 6.97. The smallest absolute Gasteiger partial charge is 0.165 e. The molecule has 0 saturated carbocycles. The Bertz CT molecular complexity index is 421.